The molecule has 0 N–H and O–H groups in total. The van der Waals surface area contributed by atoms with Crippen molar-refractivity contribution in [3.05, 3.63) is 54.1 Å². The summed E-state index contributed by atoms with van der Waals surface area (Å²) >= 11 is 0. The predicted molar refractivity (Wildman–Crippen MR) is 98.1 cm³/mol. The Labute approximate surface area is 155 Å². The van der Waals surface area contributed by atoms with Crippen molar-refractivity contribution >= 4 is 5.65 Å². The lowest BCUT2D eigenvalue weighted by Crippen LogP contribution is -2.11. The minimum Gasteiger partial charge on any atom is -0.468 e. The summed E-state index contributed by atoms with van der Waals surface area (Å²) in [5.41, 5.74) is 2.83. The molecule has 8 heteroatoms. The van der Waals surface area contributed by atoms with Gasteiger partial charge in [-0.25, -0.2) is 4.98 Å². The summed E-state index contributed by atoms with van der Waals surface area (Å²) in [6.07, 6.45) is 3.89. The summed E-state index contributed by atoms with van der Waals surface area (Å²) in [6, 6.07) is 11.9. The van der Waals surface area contributed by atoms with Gasteiger partial charge in [0, 0.05) is 18.2 Å². The molecule has 0 spiro atoms. The summed E-state index contributed by atoms with van der Waals surface area (Å²) in [4.78, 5) is 4.22. The highest BCUT2D eigenvalue weighted by Gasteiger charge is 2.42. The molecular weight excluding hydrogens is 342 g/mol. The lowest BCUT2D eigenvalue weighted by Gasteiger charge is -2.14. The van der Waals surface area contributed by atoms with Crippen molar-refractivity contribution in [3.63, 3.8) is 0 Å². The molecule has 1 aromatic carbocycles. The molecule has 0 saturated heterocycles. The molecule has 27 heavy (non-hydrogen) atoms. The second kappa shape index (κ2) is 5.87. The first-order chi connectivity index (χ1) is 13.1. The normalized spacial score (nSPS) is 15.2. The van der Waals surface area contributed by atoms with Crippen molar-refractivity contribution in [3.8, 4) is 17.3 Å². The van der Waals surface area contributed by atoms with Gasteiger partial charge in [-0.15, -0.1) is 15.3 Å². The molecule has 4 aromatic rings. The zero-order chi connectivity index (χ0) is 18.4. The quantitative estimate of drug-likeness (QED) is 0.543. The third-order valence-electron chi connectivity index (χ3n) is 5.03. The Balaban J connectivity index is 1.58. The fourth-order valence-corrected chi connectivity index (χ4v) is 3.16. The Morgan fingerprint density at radius 1 is 1.11 bits per heavy atom. The van der Waals surface area contributed by atoms with Crippen LogP contribution < -0.4 is 4.74 Å². The van der Waals surface area contributed by atoms with Crippen molar-refractivity contribution in [1.29, 1.82) is 0 Å². The van der Waals surface area contributed by atoms with E-state index < -0.39 is 0 Å². The van der Waals surface area contributed by atoms with Crippen molar-refractivity contribution < 1.29 is 4.74 Å². The van der Waals surface area contributed by atoms with Crippen LogP contribution in [0.2, 0.25) is 0 Å². The van der Waals surface area contributed by atoms with Crippen molar-refractivity contribution in [2.45, 2.75) is 31.8 Å². The van der Waals surface area contributed by atoms with E-state index >= 15 is 0 Å². The lowest BCUT2D eigenvalue weighted by atomic mass is 10.0. The molecule has 136 valence electrons. The van der Waals surface area contributed by atoms with Gasteiger partial charge in [0.2, 0.25) is 5.88 Å². The van der Waals surface area contributed by atoms with E-state index in [1.54, 1.807) is 15.5 Å². The van der Waals surface area contributed by atoms with Crippen LogP contribution in [0.15, 0.2) is 42.7 Å². The number of hydrogen-bond donors (Lipinski definition) is 0. The number of hydrogen-bond acceptors (Lipinski definition) is 6. The average molecular weight is 361 g/mol. The molecule has 0 unspecified atom stereocenters. The van der Waals surface area contributed by atoms with E-state index in [0.29, 0.717) is 17.5 Å². The second-order valence-corrected chi connectivity index (χ2v) is 7.21. The third kappa shape index (κ3) is 2.83. The molecule has 0 amide bonds. The fourth-order valence-electron chi connectivity index (χ4n) is 3.16. The van der Waals surface area contributed by atoms with Crippen LogP contribution in [-0.4, -0.2) is 34.6 Å². The summed E-state index contributed by atoms with van der Waals surface area (Å²) in [6.45, 7) is 2.49. The Hall–Kier alpha value is -3.29. The molecule has 5 rings (SSSR count). The van der Waals surface area contributed by atoms with Crippen LogP contribution in [0.5, 0.6) is 5.88 Å². The maximum absolute atomic E-state index is 6.05. The molecule has 0 atom stereocenters. The van der Waals surface area contributed by atoms with Crippen LogP contribution in [0, 0.1) is 0 Å². The van der Waals surface area contributed by atoms with Crippen LogP contribution in [0.4, 0.5) is 0 Å². The van der Waals surface area contributed by atoms with E-state index in [9.17, 15) is 0 Å². The molecule has 3 heterocycles. The van der Waals surface area contributed by atoms with Crippen LogP contribution in [0.3, 0.4) is 0 Å². The van der Waals surface area contributed by atoms with Crippen molar-refractivity contribution in [1.82, 2.24) is 34.6 Å². The summed E-state index contributed by atoms with van der Waals surface area (Å²) in [7, 11) is 1.83. The molecule has 0 radical (unpaired) electrons. The van der Waals surface area contributed by atoms with Gasteiger partial charge in [-0.1, -0.05) is 37.3 Å². The van der Waals surface area contributed by atoms with Gasteiger partial charge in [0.1, 0.15) is 6.33 Å². The van der Waals surface area contributed by atoms with Crippen LogP contribution in [0.25, 0.3) is 17.0 Å². The minimum absolute atomic E-state index is 0.0838. The highest BCUT2D eigenvalue weighted by Crippen LogP contribution is 2.50. The third-order valence-corrected chi connectivity index (χ3v) is 5.03. The zero-order valence-corrected chi connectivity index (χ0v) is 15.2. The average Bonchev–Trinajstić information content (AvgIpc) is 3.11. The van der Waals surface area contributed by atoms with Crippen molar-refractivity contribution in [2.24, 2.45) is 7.05 Å². The Kier molecular flexibility index (Phi) is 3.46. The molecular formula is C19H19N7O. The first-order valence-electron chi connectivity index (χ1n) is 8.92. The van der Waals surface area contributed by atoms with Gasteiger partial charge in [0.25, 0.3) is 0 Å². The van der Waals surface area contributed by atoms with E-state index in [1.807, 2.05) is 43.4 Å². The van der Waals surface area contributed by atoms with E-state index in [4.69, 9.17) is 9.84 Å². The van der Waals surface area contributed by atoms with Gasteiger partial charge in [0.05, 0.1) is 0 Å². The SMILES string of the molecule is Cn1cnc(COc2nn3c(-c4ccccc4)nnc3cc2C2(C)CC2)n1. The molecule has 1 aliphatic rings. The number of rotatable bonds is 5. The summed E-state index contributed by atoms with van der Waals surface area (Å²) in [5, 5.41) is 17.7. The lowest BCUT2D eigenvalue weighted by molar-refractivity contribution is 0.274. The summed E-state index contributed by atoms with van der Waals surface area (Å²) in [5.74, 6) is 1.91. The molecule has 1 aliphatic carbocycles. The standard InChI is InChI=1S/C19H19N7O/c1-19(8-9-19)14-10-16-21-22-17(13-6-4-3-5-7-13)26(16)24-18(14)27-11-15-20-12-25(2)23-15/h3-7,10,12H,8-9,11H2,1-2H3. The number of aryl methyl sites for hydroxylation is 1. The number of aromatic nitrogens is 7. The Morgan fingerprint density at radius 3 is 2.63 bits per heavy atom. The maximum atomic E-state index is 6.05. The molecule has 0 aliphatic heterocycles. The van der Waals surface area contributed by atoms with Gasteiger partial charge in [-0.2, -0.15) is 9.61 Å². The Morgan fingerprint density at radius 2 is 1.93 bits per heavy atom. The maximum Gasteiger partial charge on any atom is 0.236 e. The van der Waals surface area contributed by atoms with Gasteiger partial charge < -0.3 is 4.74 Å². The number of benzene rings is 1. The highest BCUT2D eigenvalue weighted by molar-refractivity contribution is 5.60. The van der Waals surface area contributed by atoms with Crippen LogP contribution in [-0.2, 0) is 19.1 Å². The van der Waals surface area contributed by atoms with Crippen LogP contribution >= 0.6 is 0 Å². The van der Waals surface area contributed by atoms with E-state index in [-0.39, 0.29) is 12.0 Å². The molecule has 3 aromatic heterocycles. The monoisotopic (exact) mass is 361 g/mol. The second-order valence-electron chi connectivity index (χ2n) is 7.21. The van der Waals surface area contributed by atoms with Gasteiger partial charge >= 0.3 is 0 Å². The molecule has 1 saturated carbocycles. The Bertz CT molecular complexity index is 1110. The van der Waals surface area contributed by atoms with E-state index in [1.165, 1.54) is 0 Å². The smallest absolute Gasteiger partial charge is 0.236 e. The van der Waals surface area contributed by atoms with Gasteiger partial charge in [-0.3, -0.25) is 4.68 Å². The predicted octanol–water partition coefficient (Wildman–Crippen LogP) is 2.55. The zero-order valence-electron chi connectivity index (χ0n) is 15.2. The number of ether oxygens (including phenoxy) is 1. The first-order valence-corrected chi connectivity index (χ1v) is 8.92. The number of nitrogens with zero attached hydrogens (tertiary/aromatic N) is 7. The van der Waals surface area contributed by atoms with Crippen LogP contribution in [0.1, 0.15) is 31.2 Å². The van der Waals surface area contributed by atoms with Crippen molar-refractivity contribution in [2.75, 3.05) is 0 Å². The molecule has 8 nitrogen and oxygen atoms in total. The highest BCUT2D eigenvalue weighted by atomic mass is 16.5. The largest absolute Gasteiger partial charge is 0.468 e. The molecule has 1 fully saturated rings. The van der Waals surface area contributed by atoms with E-state index in [2.05, 4.69) is 27.2 Å². The van der Waals surface area contributed by atoms with Gasteiger partial charge in [0.15, 0.2) is 23.9 Å². The topological polar surface area (TPSA) is 83.0 Å². The number of fused-ring (bicyclic) bond motifs is 1. The first kappa shape index (κ1) is 15.9. The molecule has 0 bridgehead atoms. The minimum atomic E-state index is 0.0838. The van der Waals surface area contributed by atoms with E-state index in [0.717, 1.165) is 29.6 Å². The van der Waals surface area contributed by atoms with Gasteiger partial charge in [-0.05, 0) is 24.3 Å². The fraction of sp³-hybridized carbons (Fsp3) is 0.316. The summed E-state index contributed by atoms with van der Waals surface area (Å²) < 4.78 is 9.45.